The average Bonchev–Trinajstić information content (AvgIpc) is 2.41. The lowest BCUT2D eigenvalue weighted by atomic mass is 9.74. The summed E-state index contributed by atoms with van der Waals surface area (Å²) in [6.45, 7) is 6.44. The molecule has 1 fully saturated rings. The number of hydrogen-bond donors (Lipinski definition) is 1. The maximum Gasteiger partial charge on any atom is 0.0847 e. The number of nitrogens with one attached hydrogen (secondary N) is 1. The molecule has 0 aromatic carbocycles. The minimum absolute atomic E-state index is 0.415. The molecule has 3 nitrogen and oxygen atoms in total. The van der Waals surface area contributed by atoms with Gasteiger partial charge in [0.1, 0.15) is 0 Å². The highest BCUT2D eigenvalue weighted by Crippen LogP contribution is 2.35. The van der Waals surface area contributed by atoms with Gasteiger partial charge in [-0.05, 0) is 19.8 Å². The molecule has 0 bridgehead atoms. The first-order valence-corrected chi connectivity index (χ1v) is 6.34. The van der Waals surface area contributed by atoms with Gasteiger partial charge in [-0.2, -0.15) is 5.10 Å². The molecule has 90 valence electrons. The molecule has 1 aromatic rings. The van der Waals surface area contributed by atoms with Crippen LogP contribution in [0.1, 0.15) is 31.2 Å². The third-order valence-electron chi connectivity index (χ3n) is 3.58. The lowest BCUT2D eigenvalue weighted by Crippen LogP contribution is -2.54. The molecule has 1 N–H and O–H groups in total. The summed E-state index contributed by atoms with van der Waals surface area (Å²) in [5.41, 5.74) is 2.55. The fourth-order valence-electron chi connectivity index (χ4n) is 2.63. The maximum absolute atomic E-state index is 6.30. The van der Waals surface area contributed by atoms with Gasteiger partial charge in [-0.1, -0.05) is 24.9 Å². The third-order valence-corrected chi connectivity index (χ3v) is 4.08. The van der Waals surface area contributed by atoms with Gasteiger partial charge in [-0.3, -0.25) is 4.68 Å². The van der Waals surface area contributed by atoms with Crippen LogP contribution in [0.25, 0.3) is 0 Å². The summed E-state index contributed by atoms with van der Waals surface area (Å²) in [6, 6.07) is 0. The van der Waals surface area contributed by atoms with Crippen molar-refractivity contribution in [3.05, 3.63) is 16.4 Å². The van der Waals surface area contributed by atoms with Crippen molar-refractivity contribution in [3.63, 3.8) is 0 Å². The number of halogens is 1. The first kappa shape index (κ1) is 11.9. The van der Waals surface area contributed by atoms with Crippen molar-refractivity contribution >= 4 is 11.6 Å². The summed E-state index contributed by atoms with van der Waals surface area (Å²) in [5, 5.41) is 8.61. The quantitative estimate of drug-likeness (QED) is 0.877. The molecule has 0 radical (unpaired) electrons. The molecular weight excluding hydrogens is 222 g/mol. The molecule has 0 atom stereocenters. The van der Waals surface area contributed by atoms with Crippen molar-refractivity contribution in [2.45, 2.75) is 33.1 Å². The van der Waals surface area contributed by atoms with Crippen molar-refractivity contribution in [3.8, 4) is 0 Å². The Labute approximate surface area is 102 Å². The van der Waals surface area contributed by atoms with E-state index in [9.17, 15) is 0 Å². The monoisotopic (exact) mass is 241 g/mol. The van der Waals surface area contributed by atoms with E-state index in [1.54, 1.807) is 0 Å². The van der Waals surface area contributed by atoms with Gasteiger partial charge in [0.15, 0.2) is 0 Å². The normalized spacial score (nSPS) is 18.5. The Morgan fingerprint density at radius 3 is 2.56 bits per heavy atom. The van der Waals surface area contributed by atoms with E-state index < -0.39 is 0 Å². The van der Waals surface area contributed by atoms with Gasteiger partial charge in [0, 0.05) is 25.6 Å². The first-order chi connectivity index (χ1) is 7.58. The summed E-state index contributed by atoms with van der Waals surface area (Å²) in [4.78, 5) is 0. The van der Waals surface area contributed by atoms with Crippen LogP contribution in [0, 0.1) is 12.3 Å². The molecule has 1 saturated heterocycles. The molecule has 0 spiro atoms. The molecule has 0 saturated carbocycles. The van der Waals surface area contributed by atoms with Crippen molar-refractivity contribution < 1.29 is 0 Å². The van der Waals surface area contributed by atoms with Gasteiger partial charge < -0.3 is 5.32 Å². The Morgan fingerprint density at radius 2 is 2.19 bits per heavy atom. The Balaban J connectivity index is 2.19. The van der Waals surface area contributed by atoms with E-state index in [1.807, 2.05) is 18.7 Å². The van der Waals surface area contributed by atoms with E-state index in [1.165, 1.54) is 18.5 Å². The van der Waals surface area contributed by atoms with Gasteiger partial charge in [0.25, 0.3) is 0 Å². The first-order valence-electron chi connectivity index (χ1n) is 5.97. The molecule has 1 aliphatic rings. The smallest absolute Gasteiger partial charge is 0.0847 e. The molecule has 2 heterocycles. The second kappa shape index (κ2) is 4.38. The Morgan fingerprint density at radius 1 is 1.50 bits per heavy atom. The molecule has 2 rings (SSSR count). The van der Waals surface area contributed by atoms with Gasteiger partial charge in [0.05, 0.1) is 16.4 Å². The predicted octanol–water partition coefficient (Wildman–Crippen LogP) is 2.31. The van der Waals surface area contributed by atoms with Crippen molar-refractivity contribution in [1.82, 2.24) is 15.1 Å². The summed E-state index contributed by atoms with van der Waals surface area (Å²) in [6.07, 6.45) is 3.54. The zero-order valence-corrected chi connectivity index (χ0v) is 11.1. The lowest BCUT2D eigenvalue weighted by Gasteiger charge is -2.43. The molecular formula is C12H20ClN3. The fourth-order valence-corrected chi connectivity index (χ4v) is 2.85. The summed E-state index contributed by atoms with van der Waals surface area (Å²) >= 11 is 6.30. The van der Waals surface area contributed by atoms with Gasteiger partial charge in [-0.15, -0.1) is 0 Å². The topological polar surface area (TPSA) is 29.9 Å². The van der Waals surface area contributed by atoms with E-state index in [2.05, 4.69) is 17.3 Å². The van der Waals surface area contributed by atoms with E-state index in [0.717, 1.165) is 30.2 Å². The SMILES string of the molecule is CCCC1(Cc2c(Cl)c(C)nn2C)CNC1. The molecule has 0 unspecified atom stereocenters. The van der Waals surface area contributed by atoms with Crippen LogP contribution in [0.3, 0.4) is 0 Å². The zero-order chi connectivity index (χ0) is 11.8. The van der Waals surface area contributed by atoms with Crippen molar-refractivity contribution in [2.24, 2.45) is 12.5 Å². The Bertz CT molecular complexity index is 380. The van der Waals surface area contributed by atoms with Gasteiger partial charge >= 0.3 is 0 Å². The summed E-state index contributed by atoms with van der Waals surface area (Å²) in [7, 11) is 1.99. The van der Waals surface area contributed by atoms with Crippen LogP contribution in [0.4, 0.5) is 0 Å². The average molecular weight is 242 g/mol. The molecule has 1 aliphatic heterocycles. The second-order valence-corrected chi connectivity index (χ2v) is 5.38. The minimum Gasteiger partial charge on any atom is -0.316 e. The van der Waals surface area contributed by atoms with Crippen molar-refractivity contribution in [2.75, 3.05) is 13.1 Å². The largest absolute Gasteiger partial charge is 0.316 e. The van der Waals surface area contributed by atoms with E-state index in [-0.39, 0.29) is 0 Å². The standard InChI is InChI=1S/C12H20ClN3/c1-4-5-12(7-14-8-12)6-10-11(13)9(2)15-16(10)3/h14H,4-8H2,1-3H3. The van der Waals surface area contributed by atoms with Crippen LogP contribution in [-0.4, -0.2) is 22.9 Å². The van der Waals surface area contributed by atoms with Crippen LogP contribution in [0.2, 0.25) is 5.02 Å². The van der Waals surface area contributed by atoms with E-state index >= 15 is 0 Å². The molecule has 4 heteroatoms. The maximum atomic E-state index is 6.30. The fraction of sp³-hybridized carbons (Fsp3) is 0.750. The van der Waals surface area contributed by atoms with Crippen LogP contribution in [0.15, 0.2) is 0 Å². The highest BCUT2D eigenvalue weighted by Gasteiger charge is 2.37. The number of nitrogens with zero attached hydrogens (tertiary/aromatic N) is 2. The molecule has 16 heavy (non-hydrogen) atoms. The van der Waals surface area contributed by atoms with Gasteiger partial charge in [0.2, 0.25) is 0 Å². The van der Waals surface area contributed by atoms with Crippen LogP contribution >= 0.6 is 11.6 Å². The number of rotatable bonds is 4. The number of aryl methyl sites for hydroxylation is 2. The third kappa shape index (κ3) is 1.98. The molecule has 0 aliphatic carbocycles. The lowest BCUT2D eigenvalue weighted by molar-refractivity contribution is 0.147. The Hall–Kier alpha value is -0.540. The highest BCUT2D eigenvalue weighted by atomic mass is 35.5. The van der Waals surface area contributed by atoms with Gasteiger partial charge in [-0.25, -0.2) is 0 Å². The zero-order valence-electron chi connectivity index (χ0n) is 10.3. The van der Waals surface area contributed by atoms with E-state index in [0.29, 0.717) is 5.41 Å². The summed E-state index contributed by atoms with van der Waals surface area (Å²) in [5.74, 6) is 0. The van der Waals surface area contributed by atoms with Crippen molar-refractivity contribution in [1.29, 1.82) is 0 Å². The number of aromatic nitrogens is 2. The van der Waals surface area contributed by atoms with Crippen LogP contribution in [0.5, 0.6) is 0 Å². The van der Waals surface area contributed by atoms with Crippen LogP contribution in [-0.2, 0) is 13.5 Å². The second-order valence-electron chi connectivity index (χ2n) is 5.00. The van der Waals surface area contributed by atoms with Crippen LogP contribution < -0.4 is 5.32 Å². The summed E-state index contributed by atoms with van der Waals surface area (Å²) < 4.78 is 1.94. The molecule has 1 aromatic heterocycles. The number of hydrogen-bond acceptors (Lipinski definition) is 2. The predicted molar refractivity (Wildman–Crippen MR) is 66.9 cm³/mol. The molecule has 0 amide bonds. The minimum atomic E-state index is 0.415. The highest BCUT2D eigenvalue weighted by molar-refractivity contribution is 6.31. The Kier molecular flexibility index (Phi) is 3.27. The van der Waals surface area contributed by atoms with E-state index in [4.69, 9.17) is 11.6 Å².